The van der Waals surface area contributed by atoms with Crippen LogP contribution in [0.5, 0.6) is 11.5 Å². The molecule has 0 aliphatic carbocycles. The molecule has 7 heteroatoms. The van der Waals surface area contributed by atoms with Crippen molar-refractivity contribution in [2.75, 3.05) is 19.5 Å². The van der Waals surface area contributed by atoms with Gasteiger partial charge in [-0.2, -0.15) is 5.10 Å². The second-order valence-electron chi connectivity index (χ2n) is 7.28. The average molecular weight is 416 g/mol. The molecule has 0 spiro atoms. The second-order valence-corrected chi connectivity index (χ2v) is 7.28. The summed E-state index contributed by atoms with van der Waals surface area (Å²) in [6.07, 6.45) is 1.74. The molecule has 0 saturated heterocycles. The lowest BCUT2D eigenvalue weighted by Gasteiger charge is -2.11. The summed E-state index contributed by atoms with van der Waals surface area (Å²) in [5.74, 6) is 1.20. The topological polar surface area (TPSA) is 78.3 Å². The average Bonchev–Trinajstić information content (AvgIpc) is 3.09. The zero-order chi connectivity index (χ0) is 22.0. The summed E-state index contributed by atoms with van der Waals surface area (Å²) in [4.78, 5) is 17.3. The lowest BCUT2D eigenvalue weighted by molar-refractivity contribution is -0.116. The van der Waals surface area contributed by atoms with Crippen molar-refractivity contribution >= 4 is 22.6 Å². The van der Waals surface area contributed by atoms with E-state index in [1.54, 1.807) is 25.1 Å². The van der Waals surface area contributed by atoms with Crippen LogP contribution in [-0.4, -0.2) is 34.9 Å². The van der Waals surface area contributed by atoms with Crippen molar-refractivity contribution < 1.29 is 14.3 Å². The predicted octanol–water partition coefficient (Wildman–Crippen LogP) is 4.37. The van der Waals surface area contributed by atoms with E-state index in [1.165, 1.54) is 0 Å². The Labute approximate surface area is 180 Å². The molecule has 0 atom stereocenters. The third-order valence-electron chi connectivity index (χ3n) is 5.13. The number of fused-ring (bicyclic) bond motifs is 1. The SMILES string of the molecule is COc1ccc(-c2ccnc3c2c(C)nn3CC(=O)Nc2cc(C)ccc2OC)cc1. The zero-order valence-electron chi connectivity index (χ0n) is 18.0. The van der Waals surface area contributed by atoms with Crippen LogP contribution in [0.4, 0.5) is 5.69 Å². The maximum Gasteiger partial charge on any atom is 0.246 e. The normalized spacial score (nSPS) is 10.8. The number of aryl methyl sites for hydroxylation is 2. The number of hydrogen-bond donors (Lipinski definition) is 1. The van der Waals surface area contributed by atoms with Gasteiger partial charge in [-0.25, -0.2) is 9.67 Å². The highest BCUT2D eigenvalue weighted by molar-refractivity contribution is 5.97. The second kappa shape index (κ2) is 8.47. The first kappa shape index (κ1) is 20.4. The largest absolute Gasteiger partial charge is 0.497 e. The van der Waals surface area contributed by atoms with Crippen molar-refractivity contribution in [2.24, 2.45) is 0 Å². The van der Waals surface area contributed by atoms with Crippen molar-refractivity contribution in [1.82, 2.24) is 14.8 Å². The quantitative estimate of drug-likeness (QED) is 0.505. The van der Waals surface area contributed by atoms with Crippen molar-refractivity contribution in [2.45, 2.75) is 20.4 Å². The Hall–Kier alpha value is -3.87. The molecule has 2 aromatic carbocycles. The van der Waals surface area contributed by atoms with Crippen LogP contribution < -0.4 is 14.8 Å². The predicted molar refractivity (Wildman–Crippen MR) is 121 cm³/mol. The molecule has 4 aromatic rings. The van der Waals surface area contributed by atoms with Crippen LogP contribution in [0.1, 0.15) is 11.3 Å². The third kappa shape index (κ3) is 4.07. The molecule has 0 radical (unpaired) electrons. The number of nitrogens with one attached hydrogen (secondary N) is 1. The van der Waals surface area contributed by atoms with Crippen molar-refractivity contribution in [1.29, 1.82) is 0 Å². The molecule has 31 heavy (non-hydrogen) atoms. The molecule has 7 nitrogen and oxygen atoms in total. The number of amides is 1. The monoisotopic (exact) mass is 416 g/mol. The molecular weight excluding hydrogens is 392 g/mol. The summed E-state index contributed by atoms with van der Waals surface area (Å²) in [5, 5.41) is 8.43. The fourth-order valence-corrected chi connectivity index (χ4v) is 3.65. The summed E-state index contributed by atoms with van der Waals surface area (Å²) in [5.41, 5.74) is 5.18. The maximum atomic E-state index is 12.8. The van der Waals surface area contributed by atoms with Crippen molar-refractivity contribution in [3.8, 4) is 22.6 Å². The Morgan fingerprint density at radius 1 is 1.03 bits per heavy atom. The summed E-state index contributed by atoms with van der Waals surface area (Å²) < 4.78 is 12.2. The molecule has 158 valence electrons. The molecule has 4 rings (SSSR count). The van der Waals surface area contributed by atoms with E-state index in [1.807, 2.05) is 62.4 Å². The molecule has 0 aliphatic rings. The van der Waals surface area contributed by atoms with Gasteiger partial charge in [0.1, 0.15) is 18.0 Å². The van der Waals surface area contributed by atoms with Gasteiger partial charge >= 0.3 is 0 Å². The number of carbonyl (C=O) groups excluding carboxylic acids is 1. The van der Waals surface area contributed by atoms with Crippen LogP contribution in [0.2, 0.25) is 0 Å². The van der Waals surface area contributed by atoms with E-state index < -0.39 is 0 Å². The number of pyridine rings is 1. The van der Waals surface area contributed by atoms with Gasteiger partial charge in [-0.05, 0) is 60.9 Å². The van der Waals surface area contributed by atoms with Crippen LogP contribution in [0.25, 0.3) is 22.2 Å². The molecular formula is C24H24N4O3. The standard InChI is InChI=1S/C24H24N4O3/c1-15-5-10-21(31-4)20(13-15)26-22(29)14-28-24-23(16(2)27-28)19(11-12-25-24)17-6-8-18(30-3)9-7-17/h5-13H,14H2,1-4H3,(H,26,29). The Kier molecular flexibility index (Phi) is 5.58. The van der Waals surface area contributed by atoms with Gasteiger partial charge in [0.15, 0.2) is 5.65 Å². The fourth-order valence-electron chi connectivity index (χ4n) is 3.65. The highest BCUT2D eigenvalue weighted by atomic mass is 16.5. The van der Waals surface area contributed by atoms with E-state index in [0.29, 0.717) is 17.1 Å². The van der Waals surface area contributed by atoms with Gasteiger partial charge in [0.25, 0.3) is 0 Å². The number of anilines is 1. The third-order valence-corrected chi connectivity index (χ3v) is 5.13. The number of methoxy groups -OCH3 is 2. The van der Waals surface area contributed by atoms with Crippen LogP contribution in [0.15, 0.2) is 54.7 Å². The minimum atomic E-state index is -0.204. The lowest BCUT2D eigenvalue weighted by Crippen LogP contribution is -2.20. The van der Waals surface area contributed by atoms with Gasteiger partial charge in [0.05, 0.1) is 25.6 Å². The molecule has 0 bridgehead atoms. The minimum Gasteiger partial charge on any atom is -0.497 e. The summed E-state index contributed by atoms with van der Waals surface area (Å²) >= 11 is 0. The van der Waals surface area contributed by atoms with Crippen LogP contribution in [0, 0.1) is 13.8 Å². The number of rotatable bonds is 6. The molecule has 2 heterocycles. The van der Waals surface area contributed by atoms with Crippen LogP contribution in [-0.2, 0) is 11.3 Å². The van der Waals surface area contributed by atoms with Gasteiger partial charge in [0.2, 0.25) is 5.91 Å². The Morgan fingerprint density at radius 2 is 1.81 bits per heavy atom. The van der Waals surface area contributed by atoms with E-state index in [0.717, 1.165) is 33.5 Å². The summed E-state index contributed by atoms with van der Waals surface area (Å²) in [6, 6.07) is 15.4. The lowest BCUT2D eigenvalue weighted by atomic mass is 10.0. The molecule has 2 aromatic heterocycles. The molecule has 0 saturated carbocycles. The maximum absolute atomic E-state index is 12.8. The molecule has 0 aliphatic heterocycles. The van der Waals surface area contributed by atoms with Crippen LogP contribution >= 0.6 is 0 Å². The number of benzene rings is 2. The number of hydrogen-bond acceptors (Lipinski definition) is 5. The molecule has 0 fully saturated rings. The number of aromatic nitrogens is 3. The Morgan fingerprint density at radius 3 is 2.52 bits per heavy atom. The fraction of sp³-hybridized carbons (Fsp3) is 0.208. The van der Waals surface area contributed by atoms with Gasteiger partial charge in [-0.1, -0.05) is 18.2 Å². The highest BCUT2D eigenvalue weighted by Crippen LogP contribution is 2.31. The van der Waals surface area contributed by atoms with Gasteiger partial charge in [0, 0.05) is 11.6 Å². The molecule has 1 N–H and O–H groups in total. The number of nitrogens with zero attached hydrogens (tertiary/aromatic N) is 3. The number of carbonyl (C=O) groups is 1. The van der Waals surface area contributed by atoms with Crippen molar-refractivity contribution in [3.63, 3.8) is 0 Å². The first-order valence-electron chi connectivity index (χ1n) is 9.91. The smallest absolute Gasteiger partial charge is 0.246 e. The van der Waals surface area contributed by atoms with E-state index in [-0.39, 0.29) is 12.5 Å². The summed E-state index contributed by atoms with van der Waals surface area (Å²) in [7, 11) is 3.22. The summed E-state index contributed by atoms with van der Waals surface area (Å²) in [6.45, 7) is 3.93. The van der Waals surface area contributed by atoms with E-state index in [2.05, 4.69) is 15.4 Å². The van der Waals surface area contributed by atoms with Crippen molar-refractivity contribution in [3.05, 3.63) is 66.0 Å². The first-order valence-corrected chi connectivity index (χ1v) is 9.91. The Bertz CT molecular complexity index is 1250. The van der Waals surface area contributed by atoms with E-state index >= 15 is 0 Å². The number of ether oxygens (including phenoxy) is 2. The molecule has 0 unspecified atom stereocenters. The minimum absolute atomic E-state index is 0.0422. The van der Waals surface area contributed by atoms with Gasteiger partial charge < -0.3 is 14.8 Å². The molecule has 1 amide bonds. The van der Waals surface area contributed by atoms with Crippen LogP contribution in [0.3, 0.4) is 0 Å². The first-order chi connectivity index (χ1) is 15.0. The van der Waals surface area contributed by atoms with Gasteiger partial charge in [-0.15, -0.1) is 0 Å². The highest BCUT2D eigenvalue weighted by Gasteiger charge is 2.17. The Balaban J connectivity index is 1.65. The van der Waals surface area contributed by atoms with Gasteiger partial charge in [-0.3, -0.25) is 4.79 Å². The van der Waals surface area contributed by atoms with E-state index in [9.17, 15) is 4.79 Å². The zero-order valence-corrected chi connectivity index (χ0v) is 18.0. The van der Waals surface area contributed by atoms with E-state index in [4.69, 9.17) is 9.47 Å².